The Labute approximate surface area is 166 Å². The Balaban J connectivity index is 1.77. The van der Waals surface area contributed by atoms with Gasteiger partial charge in [-0.1, -0.05) is 18.2 Å². The Hall–Kier alpha value is -2.90. The van der Waals surface area contributed by atoms with Crippen molar-refractivity contribution in [2.24, 2.45) is 0 Å². The molecule has 1 saturated heterocycles. The summed E-state index contributed by atoms with van der Waals surface area (Å²) in [6.45, 7) is 2.40. The molecular weight excluding hydrogens is 383 g/mol. The first-order chi connectivity index (χ1) is 13.7. The SMILES string of the molecule is CC(=O)NCC(=O)N1CCCC(c2cccc(-c3cccc(C(F)(F)F)c3)n2)C1. The van der Waals surface area contributed by atoms with E-state index in [9.17, 15) is 22.8 Å². The molecule has 0 radical (unpaired) electrons. The number of pyridine rings is 1. The summed E-state index contributed by atoms with van der Waals surface area (Å²) in [6.07, 6.45) is -2.78. The number of nitrogens with zero attached hydrogens (tertiary/aromatic N) is 2. The van der Waals surface area contributed by atoms with Gasteiger partial charge in [0.2, 0.25) is 11.8 Å². The fourth-order valence-corrected chi connectivity index (χ4v) is 3.45. The van der Waals surface area contributed by atoms with Crippen molar-refractivity contribution in [2.45, 2.75) is 31.9 Å². The third kappa shape index (κ3) is 5.34. The molecule has 1 N–H and O–H groups in total. The van der Waals surface area contributed by atoms with E-state index in [1.165, 1.54) is 13.0 Å². The van der Waals surface area contributed by atoms with Gasteiger partial charge in [0.15, 0.2) is 0 Å². The van der Waals surface area contributed by atoms with E-state index in [1.54, 1.807) is 23.1 Å². The predicted octanol–water partition coefficient (Wildman–Crippen LogP) is 3.61. The van der Waals surface area contributed by atoms with Crippen LogP contribution in [0.2, 0.25) is 0 Å². The molecule has 8 heteroatoms. The van der Waals surface area contributed by atoms with Crippen LogP contribution in [0.4, 0.5) is 13.2 Å². The molecule has 1 atom stereocenters. The summed E-state index contributed by atoms with van der Waals surface area (Å²) in [5, 5.41) is 2.51. The summed E-state index contributed by atoms with van der Waals surface area (Å²) >= 11 is 0. The lowest BCUT2D eigenvalue weighted by molar-refractivity contribution is -0.137. The first kappa shape index (κ1) is 20.8. The molecule has 0 bridgehead atoms. The summed E-state index contributed by atoms with van der Waals surface area (Å²) in [4.78, 5) is 29.6. The van der Waals surface area contributed by atoms with E-state index < -0.39 is 11.7 Å². The predicted molar refractivity (Wildman–Crippen MR) is 102 cm³/mol. The van der Waals surface area contributed by atoms with Crippen LogP contribution in [0.1, 0.15) is 36.9 Å². The number of aromatic nitrogens is 1. The summed E-state index contributed by atoms with van der Waals surface area (Å²) in [5.74, 6) is -0.419. The van der Waals surface area contributed by atoms with Crippen LogP contribution >= 0.6 is 0 Å². The summed E-state index contributed by atoms with van der Waals surface area (Å²) in [5.41, 5.74) is 0.901. The van der Waals surface area contributed by atoms with Crippen LogP contribution < -0.4 is 5.32 Å². The molecule has 1 unspecified atom stereocenters. The molecule has 2 heterocycles. The van der Waals surface area contributed by atoms with E-state index in [4.69, 9.17) is 0 Å². The molecule has 0 spiro atoms. The zero-order valence-electron chi connectivity index (χ0n) is 16.0. The molecule has 1 aromatic carbocycles. The highest BCUT2D eigenvalue weighted by Gasteiger charge is 2.30. The largest absolute Gasteiger partial charge is 0.416 e. The maximum atomic E-state index is 13.0. The second kappa shape index (κ2) is 8.63. The number of halogens is 3. The van der Waals surface area contributed by atoms with Crippen LogP contribution in [-0.4, -0.2) is 41.3 Å². The lowest BCUT2D eigenvalue weighted by Crippen LogP contribution is -2.44. The number of carbonyl (C=O) groups excluding carboxylic acids is 2. The van der Waals surface area contributed by atoms with Gasteiger partial charge in [0.05, 0.1) is 17.8 Å². The number of benzene rings is 1. The van der Waals surface area contributed by atoms with Gasteiger partial charge in [-0.15, -0.1) is 0 Å². The molecule has 0 saturated carbocycles. The second-order valence-corrected chi connectivity index (χ2v) is 7.11. The van der Waals surface area contributed by atoms with E-state index in [0.29, 0.717) is 24.3 Å². The summed E-state index contributed by atoms with van der Waals surface area (Å²) in [6, 6.07) is 10.4. The standard InChI is InChI=1S/C21H22F3N3O2/c1-14(28)25-12-20(29)27-10-4-6-16(13-27)19-9-3-8-18(26-19)15-5-2-7-17(11-15)21(22,23)24/h2-3,5,7-9,11,16H,4,6,10,12-13H2,1H3,(H,25,28). The Morgan fingerprint density at radius 2 is 1.97 bits per heavy atom. The molecule has 0 aliphatic carbocycles. The van der Waals surface area contributed by atoms with Crippen LogP contribution in [0.15, 0.2) is 42.5 Å². The zero-order chi connectivity index (χ0) is 21.0. The molecule has 1 aliphatic heterocycles. The van der Waals surface area contributed by atoms with E-state index in [-0.39, 0.29) is 24.3 Å². The molecule has 29 heavy (non-hydrogen) atoms. The fourth-order valence-electron chi connectivity index (χ4n) is 3.45. The highest BCUT2D eigenvalue weighted by Crippen LogP contribution is 2.32. The fraction of sp³-hybridized carbons (Fsp3) is 0.381. The van der Waals surface area contributed by atoms with E-state index >= 15 is 0 Å². The van der Waals surface area contributed by atoms with Crippen LogP contribution in [0.5, 0.6) is 0 Å². The van der Waals surface area contributed by atoms with E-state index in [2.05, 4.69) is 10.3 Å². The first-order valence-corrected chi connectivity index (χ1v) is 9.41. The Morgan fingerprint density at radius 1 is 1.21 bits per heavy atom. The number of piperidine rings is 1. The number of rotatable bonds is 4. The van der Waals surface area contributed by atoms with Crippen molar-refractivity contribution in [1.82, 2.24) is 15.2 Å². The number of hydrogen-bond donors (Lipinski definition) is 1. The van der Waals surface area contributed by atoms with Gasteiger partial charge in [-0.05, 0) is 37.1 Å². The van der Waals surface area contributed by atoms with Crippen molar-refractivity contribution in [3.05, 3.63) is 53.7 Å². The molecule has 2 amide bonds. The third-order valence-corrected chi connectivity index (χ3v) is 4.94. The third-order valence-electron chi connectivity index (χ3n) is 4.94. The minimum Gasteiger partial charge on any atom is -0.347 e. The lowest BCUT2D eigenvalue weighted by atomic mass is 9.93. The molecule has 1 aliphatic rings. The van der Waals surface area contributed by atoms with Crippen molar-refractivity contribution >= 4 is 11.8 Å². The van der Waals surface area contributed by atoms with Gasteiger partial charge in [0.25, 0.3) is 0 Å². The van der Waals surface area contributed by atoms with Gasteiger partial charge in [-0.2, -0.15) is 13.2 Å². The average Bonchev–Trinajstić information content (AvgIpc) is 2.71. The van der Waals surface area contributed by atoms with Gasteiger partial charge in [-0.25, -0.2) is 0 Å². The minimum atomic E-state index is -4.41. The van der Waals surface area contributed by atoms with Crippen molar-refractivity contribution in [1.29, 1.82) is 0 Å². The number of likely N-dealkylation sites (tertiary alicyclic amines) is 1. The molecule has 1 fully saturated rings. The van der Waals surface area contributed by atoms with Crippen molar-refractivity contribution in [3.8, 4) is 11.3 Å². The van der Waals surface area contributed by atoms with Gasteiger partial charge < -0.3 is 10.2 Å². The minimum absolute atomic E-state index is 0.00391. The van der Waals surface area contributed by atoms with Crippen LogP contribution in [0, 0.1) is 0 Å². The quantitative estimate of drug-likeness (QED) is 0.845. The lowest BCUT2D eigenvalue weighted by Gasteiger charge is -2.32. The number of alkyl halides is 3. The Bertz CT molecular complexity index is 899. The Kier molecular flexibility index (Phi) is 6.20. The Morgan fingerprint density at radius 3 is 2.69 bits per heavy atom. The maximum absolute atomic E-state index is 13.0. The number of hydrogen-bond acceptors (Lipinski definition) is 3. The molecule has 2 aromatic rings. The number of carbonyl (C=O) groups is 2. The highest BCUT2D eigenvalue weighted by molar-refractivity contribution is 5.83. The maximum Gasteiger partial charge on any atom is 0.416 e. The number of amides is 2. The molecule has 3 rings (SSSR count). The molecule has 5 nitrogen and oxygen atoms in total. The van der Waals surface area contributed by atoms with Crippen molar-refractivity contribution < 1.29 is 22.8 Å². The van der Waals surface area contributed by atoms with Crippen LogP contribution in [-0.2, 0) is 15.8 Å². The van der Waals surface area contributed by atoms with Gasteiger partial charge in [-0.3, -0.25) is 14.6 Å². The zero-order valence-corrected chi connectivity index (χ0v) is 16.0. The summed E-state index contributed by atoms with van der Waals surface area (Å²) < 4.78 is 39.0. The van der Waals surface area contributed by atoms with E-state index in [0.717, 1.165) is 30.7 Å². The second-order valence-electron chi connectivity index (χ2n) is 7.11. The van der Waals surface area contributed by atoms with Gasteiger partial charge >= 0.3 is 6.18 Å². The van der Waals surface area contributed by atoms with Crippen molar-refractivity contribution in [2.75, 3.05) is 19.6 Å². The molecule has 1 aromatic heterocycles. The topological polar surface area (TPSA) is 62.3 Å². The van der Waals surface area contributed by atoms with Crippen molar-refractivity contribution in [3.63, 3.8) is 0 Å². The smallest absolute Gasteiger partial charge is 0.347 e. The normalized spacial score (nSPS) is 17.1. The first-order valence-electron chi connectivity index (χ1n) is 9.41. The van der Waals surface area contributed by atoms with Crippen LogP contribution in [0.3, 0.4) is 0 Å². The summed E-state index contributed by atoms with van der Waals surface area (Å²) in [7, 11) is 0. The van der Waals surface area contributed by atoms with Gasteiger partial charge in [0.1, 0.15) is 0 Å². The highest BCUT2D eigenvalue weighted by atomic mass is 19.4. The molecular formula is C21H22F3N3O2. The molecule has 154 valence electrons. The number of nitrogens with one attached hydrogen (secondary N) is 1. The van der Waals surface area contributed by atoms with E-state index in [1.807, 2.05) is 6.07 Å². The van der Waals surface area contributed by atoms with Crippen LogP contribution in [0.25, 0.3) is 11.3 Å². The monoisotopic (exact) mass is 405 g/mol. The van der Waals surface area contributed by atoms with Gasteiger partial charge in [0, 0.05) is 37.2 Å². The average molecular weight is 405 g/mol.